The molecule has 1 amide bonds. The maximum atomic E-state index is 12.7. The SMILES string of the molecule is COc1ccc(CN2CCN(c3ccc4c(c3)CCC(=O)N4Cc3ccccc3)CC2)cc1OC.Cl.Cl. The van der Waals surface area contributed by atoms with Crippen molar-refractivity contribution in [3.05, 3.63) is 83.4 Å². The Kier molecular flexibility index (Phi) is 10.1. The Labute approximate surface area is 232 Å². The summed E-state index contributed by atoms with van der Waals surface area (Å²) in [5, 5.41) is 0. The van der Waals surface area contributed by atoms with Gasteiger partial charge in [0.05, 0.1) is 20.8 Å². The zero-order valence-corrected chi connectivity index (χ0v) is 23.0. The third-order valence-electron chi connectivity index (χ3n) is 7.04. The first-order valence-electron chi connectivity index (χ1n) is 12.3. The molecule has 5 rings (SSSR count). The van der Waals surface area contributed by atoms with Gasteiger partial charge in [0.15, 0.2) is 11.5 Å². The molecule has 198 valence electrons. The summed E-state index contributed by atoms with van der Waals surface area (Å²) in [6.45, 7) is 5.50. The molecule has 2 aliphatic rings. The number of methoxy groups -OCH3 is 2. The topological polar surface area (TPSA) is 45.2 Å². The lowest BCUT2D eigenvalue weighted by molar-refractivity contribution is -0.119. The Morgan fingerprint density at radius 1 is 0.730 bits per heavy atom. The standard InChI is InChI=1S/C29H33N3O3.2ClH/c1-34-27-12-8-23(18-28(27)35-2)20-30-14-16-31(17-15-30)25-10-11-26-24(19-25)9-13-29(33)32(26)21-22-6-4-3-5-7-22;;/h3-8,10-12,18-19H,9,13-17,20-21H2,1-2H3;2*1H. The number of carbonyl (C=O) groups excluding carboxylic acids is 1. The summed E-state index contributed by atoms with van der Waals surface area (Å²) >= 11 is 0. The fraction of sp³-hybridized carbons (Fsp3) is 0.345. The van der Waals surface area contributed by atoms with Crippen LogP contribution in [0.25, 0.3) is 0 Å². The molecule has 0 saturated carbocycles. The second kappa shape index (κ2) is 13.0. The van der Waals surface area contributed by atoms with Gasteiger partial charge in [-0.15, -0.1) is 24.8 Å². The summed E-state index contributed by atoms with van der Waals surface area (Å²) in [5.41, 5.74) is 5.96. The number of fused-ring (bicyclic) bond motifs is 1. The lowest BCUT2D eigenvalue weighted by Crippen LogP contribution is -2.46. The van der Waals surface area contributed by atoms with Gasteiger partial charge in [-0.05, 0) is 53.4 Å². The fourth-order valence-electron chi connectivity index (χ4n) is 5.08. The van der Waals surface area contributed by atoms with Crippen molar-refractivity contribution in [2.45, 2.75) is 25.9 Å². The predicted octanol–water partition coefficient (Wildman–Crippen LogP) is 5.35. The van der Waals surface area contributed by atoms with E-state index in [1.165, 1.54) is 16.8 Å². The highest BCUT2D eigenvalue weighted by Gasteiger charge is 2.26. The highest BCUT2D eigenvalue weighted by Crippen LogP contribution is 2.33. The lowest BCUT2D eigenvalue weighted by atomic mass is 9.99. The number of ether oxygens (including phenoxy) is 2. The third kappa shape index (κ3) is 6.50. The van der Waals surface area contributed by atoms with Gasteiger partial charge in [-0.2, -0.15) is 0 Å². The average Bonchev–Trinajstić information content (AvgIpc) is 2.91. The minimum absolute atomic E-state index is 0. The molecule has 0 atom stereocenters. The molecule has 2 heterocycles. The summed E-state index contributed by atoms with van der Waals surface area (Å²) in [4.78, 5) is 19.6. The molecule has 0 radical (unpaired) electrons. The van der Waals surface area contributed by atoms with Crippen molar-refractivity contribution in [2.24, 2.45) is 0 Å². The van der Waals surface area contributed by atoms with E-state index in [0.717, 1.165) is 61.9 Å². The molecule has 0 aromatic heterocycles. The van der Waals surface area contributed by atoms with Crippen molar-refractivity contribution in [3.8, 4) is 11.5 Å². The van der Waals surface area contributed by atoms with Gasteiger partial charge in [0.2, 0.25) is 5.91 Å². The molecular weight excluding hydrogens is 509 g/mol. The van der Waals surface area contributed by atoms with E-state index in [-0.39, 0.29) is 30.7 Å². The first-order valence-corrected chi connectivity index (χ1v) is 12.3. The molecule has 1 saturated heterocycles. The van der Waals surface area contributed by atoms with Crippen LogP contribution in [0, 0.1) is 0 Å². The monoisotopic (exact) mass is 543 g/mol. The molecule has 0 N–H and O–H groups in total. The summed E-state index contributed by atoms with van der Waals surface area (Å²) in [6, 6.07) is 23.0. The zero-order chi connectivity index (χ0) is 24.2. The summed E-state index contributed by atoms with van der Waals surface area (Å²) in [7, 11) is 3.34. The number of hydrogen-bond acceptors (Lipinski definition) is 5. The van der Waals surface area contributed by atoms with E-state index < -0.39 is 0 Å². The van der Waals surface area contributed by atoms with E-state index >= 15 is 0 Å². The number of piperazine rings is 1. The van der Waals surface area contributed by atoms with Gasteiger partial charge < -0.3 is 19.3 Å². The van der Waals surface area contributed by atoms with Crippen molar-refractivity contribution in [2.75, 3.05) is 50.2 Å². The normalized spacial score (nSPS) is 15.4. The van der Waals surface area contributed by atoms with Gasteiger partial charge in [-0.1, -0.05) is 36.4 Å². The first-order chi connectivity index (χ1) is 17.1. The minimum Gasteiger partial charge on any atom is -0.493 e. The Hall–Kier alpha value is -2.93. The Balaban J connectivity index is 0.00000190. The summed E-state index contributed by atoms with van der Waals surface area (Å²) in [6.07, 6.45) is 1.38. The predicted molar refractivity (Wildman–Crippen MR) is 154 cm³/mol. The zero-order valence-electron chi connectivity index (χ0n) is 21.4. The number of halogens is 2. The quantitative estimate of drug-likeness (QED) is 0.402. The van der Waals surface area contributed by atoms with E-state index in [0.29, 0.717) is 13.0 Å². The molecule has 0 spiro atoms. The molecule has 37 heavy (non-hydrogen) atoms. The van der Waals surface area contributed by atoms with Crippen LogP contribution in [0.15, 0.2) is 66.7 Å². The molecular formula is C29H35Cl2N3O3. The molecule has 8 heteroatoms. The van der Waals surface area contributed by atoms with E-state index in [2.05, 4.69) is 52.3 Å². The maximum Gasteiger partial charge on any atom is 0.227 e. The molecule has 3 aromatic carbocycles. The fourth-order valence-corrected chi connectivity index (χ4v) is 5.08. The molecule has 0 aliphatic carbocycles. The smallest absolute Gasteiger partial charge is 0.227 e. The Bertz CT molecular complexity index is 1180. The molecule has 0 bridgehead atoms. The number of anilines is 2. The highest BCUT2D eigenvalue weighted by molar-refractivity contribution is 5.96. The number of aryl methyl sites for hydroxylation is 1. The van der Waals surface area contributed by atoms with Crippen molar-refractivity contribution in [3.63, 3.8) is 0 Å². The number of benzene rings is 3. The van der Waals surface area contributed by atoms with Crippen LogP contribution in [-0.2, 0) is 24.3 Å². The third-order valence-corrected chi connectivity index (χ3v) is 7.04. The van der Waals surface area contributed by atoms with E-state index in [9.17, 15) is 4.79 Å². The van der Waals surface area contributed by atoms with Gasteiger partial charge in [0.25, 0.3) is 0 Å². The molecule has 6 nitrogen and oxygen atoms in total. The average molecular weight is 545 g/mol. The molecule has 2 aliphatic heterocycles. The van der Waals surface area contributed by atoms with Gasteiger partial charge in [-0.25, -0.2) is 0 Å². The summed E-state index contributed by atoms with van der Waals surface area (Å²) in [5.74, 6) is 1.74. The second-order valence-electron chi connectivity index (χ2n) is 9.23. The minimum atomic E-state index is 0. The lowest BCUT2D eigenvalue weighted by Gasteiger charge is -2.37. The molecule has 3 aromatic rings. The number of hydrogen-bond donors (Lipinski definition) is 0. The number of amides is 1. The Morgan fingerprint density at radius 2 is 1.46 bits per heavy atom. The Morgan fingerprint density at radius 3 is 2.16 bits per heavy atom. The van der Waals surface area contributed by atoms with E-state index in [1.54, 1.807) is 14.2 Å². The van der Waals surface area contributed by atoms with Crippen molar-refractivity contribution < 1.29 is 14.3 Å². The summed E-state index contributed by atoms with van der Waals surface area (Å²) < 4.78 is 10.8. The molecule has 0 unspecified atom stereocenters. The maximum absolute atomic E-state index is 12.7. The van der Waals surface area contributed by atoms with Crippen LogP contribution in [0.3, 0.4) is 0 Å². The van der Waals surface area contributed by atoms with Gasteiger partial charge in [0.1, 0.15) is 0 Å². The van der Waals surface area contributed by atoms with E-state index in [1.807, 2.05) is 29.2 Å². The van der Waals surface area contributed by atoms with Crippen LogP contribution in [0.2, 0.25) is 0 Å². The largest absolute Gasteiger partial charge is 0.493 e. The van der Waals surface area contributed by atoms with Crippen LogP contribution in [0.5, 0.6) is 11.5 Å². The van der Waals surface area contributed by atoms with Crippen molar-refractivity contribution in [1.82, 2.24) is 4.90 Å². The second-order valence-corrected chi connectivity index (χ2v) is 9.23. The van der Waals surface area contributed by atoms with Gasteiger partial charge in [-0.3, -0.25) is 9.69 Å². The number of carbonyl (C=O) groups is 1. The van der Waals surface area contributed by atoms with Crippen molar-refractivity contribution >= 4 is 42.1 Å². The molecule has 1 fully saturated rings. The number of nitrogens with zero attached hydrogens (tertiary/aromatic N) is 3. The van der Waals surface area contributed by atoms with Gasteiger partial charge in [0, 0.05) is 50.5 Å². The van der Waals surface area contributed by atoms with E-state index in [4.69, 9.17) is 9.47 Å². The highest BCUT2D eigenvalue weighted by atomic mass is 35.5. The number of rotatable bonds is 7. The van der Waals surface area contributed by atoms with Crippen molar-refractivity contribution in [1.29, 1.82) is 0 Å². The van der Waals surface area contributed by atoms with Crippen LogP contribution < -0.4 is 19.3 Å². The van der Waals surface area contributed by atoms with Crippen LogP contribution in [-0.4, -0.2) is 51.2 Å². The van der Waals surface area contributed by atoms with Gasteiger partial charge >= 0.3 is 0 Å². The van der Waals surface area contributed by atoms with Crippen LogP contribution in [0.4, 0.5) is 11.4 Å². The first kappa shape index (κ1) is 28.6. The van der Waals surface area contributed by atoms with Crippen LogP contribution in [0.1, 0.15) is 23.1 Å². The van der Waals surface area contributed by atoms with Crippen LogP contribution >= 0.6 is 24.8 Å².